The van der Waals surface area contributed by atoms with E-state index in [1.165, 1.54) is 0 Å². The van der Waals surface area contributed by atoms with Gasteiger partial charge < -0.3 is 9.30 Å². The third-order valence-corrected chi connectivity index (χ3v) is 3.18. The zero-order valence-electron chi connectivity index (χ0n) is 10.4. The summed E-state index contributed by atoms with van der Waals surface area (Å²) < 4.78 is 7.29. The molecule has 3 nitrogen and oxygen atoms in total. The van der Waals surface area contributed by atoms with Crippen LogP contribution in [0.3, 0.4) is 0 Å². The van der Waals surface area contributed by atoms with Crippen LogP contribution in [0.25, 0.3) is 5.69 Å². The summed E-state index contributed by atoms with van der Waals surface area (Å²) in [5.74, 6) is 1.20. The third kappa shape index (κ3) is 2.29. The summed E-state index contributed by atoms with van der Waals surface area (Å²) >= 11 is 4.18. The van der Waals surface area contributed by atoms with Crippen molar-refractivity contribution >= 4 is 12.6 Å². The molecule has 2 rings (SSSR count). The Labute approximate surface area is 111 Å². The van der Waals surface area contributed by atoms with Gasteiger partial charge in [0.1, 0.15) is 5.75 Å². The van der Waals surface area contributed by atoms with Crippen LogP contribution < -0.4 is 10.2 Å². The summed E-state index contributed by atoms with van der Waals surface area (Å²) in [6.45, 7) is 1.90. The Bertz CT molecular complexity index is 619. The highest BCUT2D eigenvalue weighted by Crippen LogP contribution is 2.23. The van der Waals surface area contributed by atoms with Crippen LogP contribution >= 0.6 is 12.6 Å². The first kappa shape index (κ1) is 12.8. The standard InChI is InChI=1S/C14H15NO2S/c1-10-7-13(16)11(9-18)8-15(10)12-5-3-4-6-14(12)17-2/h3-8,18H,9H2,1-2H3. The van der Waals surface area contributed by atoms with E-state index < -0.39 is 0 Å². The molecular formula is C14H15NO2S. The van der Waals surface area contributed by atoms with E-state index in [4.69, 9.17) is 4.74 Å². The normalized spacial score (nSPS) is 10.4. The fourth-order valence-corrected chi connectivity index (χ4v) is 2.12. The van der Waals surface area contributed by atoms with Gasteiger partial charge >= 0.3 is 0 Å². The van der Waals surface area contributed by atoms with Crippen molar-refractivity contribution < 1.29 is 4.74 Å². The van der Waals surface area contributed by atoms with Crippen molar-refractivity contribution in [3.63, 3.8) is 0 Å². The highest BCUT2D eigenvalue weighted by Gasteiger charge is 2.08. The van der Waals surface area contributed by atoms with Crippen molar-refractivity contribution in [2.24, 2.45) is 0 Å². The largest absolute Gasteiger partial charge is 0.495 e. The summed E-state index contributed by atoms with van der Waals surface area (Å²) in [6, 6.07) is 9.33. The van der Waals surface area contributed by atoms with Gasteiger partial charge in [0.05, 0.1) is 12.8 Å². The molecule has 0 aliphatic rings. The predicted octanol–water partition coefficient (Wildman–Crippen LogP) is 2.58. The van der Waals surface area contributed by atoms with Crippen molar-refractivity contribution in [3.05, 3.63) is 58.0 Å². The van der Waals surface area contributed by atoms with Crippen LogP contribution in [0.1, 0.15) is 11.3 Å². The average molecular weight is 261 g/mol. The van der Waals surface area contributed by atoms with Crippen molar-refractivity contribution in [1.29, 1.82) is 0 Å². The number of pyridine rings is 1. The van der Waals surface area contributed by atoms with Crippen LogP contribution in [0.5, 0.6) is 5.75 Å². The SMILES string of the molecule is COc1ccccc1-n1cc(CS)c(=O)cc1C. The molecule has 0 saturated heterocycles. The van der Waals surface area contributed by atoms with E-state index in [1.807, 2.05) is 42.0 Å². The molecule has 1 heterocycles. The van der Waals surface area contributed by atoms with Crippen LogP contribution in [0.15, 0.2) is 41.3 Å². The predicted molar refractivity (Wildman–Crippen MR) is 76.0 cm³/mol. The lowest BCUT2D eigenvalue weighted by Gasteiger charge is -2.15. The third-order valence-electron chi connectivity index (χ3n) is 2.84. The Balaban J connectivity index is 2.67. The Hall–Kier alpha value is -1.68. The van der Waals surface area contributed by atoms with Gasteiger partial charge in [0.2, 0.25) is 0 Å². The minimum atomic E-state index is 0.0219. The lowest BCUT2D eigenvalue weighted by Crippen LogP contribution is -2.13. The molecule has 0 saturated carbocycles. The van der Waals surface area contributed by atoms with Crippen molar-refractivity contribution in [2.75, 3.05) is 7.11 Å². The minimum Gasteiger partial charge on any atom is -0.495 e. The van der Waals surface area contributed by atoms with Gasteiger partial charge in [-0.15, -0.1) is 0 Å². The highest BCUT2D eigenvalue weighted by molar-refractivity contribution is 7.79. The molecule has 0 fully saturated rings. The monoisotopic (exact) mass is 261 g/mol. The van der Waals surface area contributed by atoms with Crippen molar-refractivity contribution in [2.45, 2.75) is 12.7 Å². The number of methoxy groups -OCH3 is 1. The minimum absolute atomic E-state index is 0.0219. The van der Waals surface area contributed by atoms with E-state index in [0.717, 1.165) is 17.1 Å². The van der Waals surface area contributed by atoms with Crippen LogP contribution in [0.2, 0.25) is 0 Å². The lowest BCUT2D eigenvalue weighted by molar-refractivity contribution is 0.412. The fourth-order valence-electron chi connectivity index (χ4n) is 1.88. The summed E-state index contributed by atoms with van der Waals surface area (Å²) in [4.78, 5) is 11.7. The van der Waals surface area contributed by atoms with E-state index in [2.05, 4.69) is 12.6 Å². The smallest absolute Gasteiger partial charge is 0.185 e. The van der Waals surface area contributed by atoms with E-state index in [9.17, 15) is 4.79 Å². The van der Waals surface area contributed by atoms with Crippen LogP contribution in [-0.4, -0.2) is 11.7 Å². The number of thiol groups is 1. The lowest BCUT2D eigenvalue weighted by atomic mass is 10.2. The number of rotatable bonds is 3. The Morgan fingerprint density at radius 1 is 1.33 bits per heavy atom. The van der Waals surface area contributed by atoms with Gasteiger partial charge in [0.25, 0.3) is 0 Å². The number of hydrogen-bond acceptors (Lipinski definition) is 3. The van der Waals surface area contributed by atoms with E-state index in [1.54, 1.807) is 13.2 Å². The molecule has 1 aromatic carbocycles. The zero-order chi connectivity index (χ0) is 13.1. The number of nitrogens with zero attached hydrogens (tertiary/aromatic N) is 1. The molecule has 0 N–H and O–H groups in total. The number of aromatic nitrogens is 1. The molecule has 0 atom stereocenters. The molecule has 18 heavy (non-hydrogen) atoms. The maximum Gasteiger partial charge on any atom is 0.185 e. The molecule has 4 heteroatoms. The number of hydrogen-bond donors (Lipinski definition) is 1. The molecule has 0 bridgehead atoms. The molecule has 0 radical (unpaired) electrons. The molecular weight excluding hydrogens is 246 g/mol. The van der Waals surface area contributed by atoms with E-state index >= 15 is 0 Å². The summed E-state index contributed by atoms with van der Waals surface area (Å²) in [7, 11) is 1.64. The molecule has 0 spiro atoms. The molecule has 1 aromatic heterocycles. The molecule has 0 unspecified atom stereocenters. The summed E-state index contributed by atoms with van der Waals surface area (Å²) in [6.07, 6.45) is 1.82. The molecule has 0 aliphatic carbocycles. The second kappa shape index (κ2) is 5.31. The fraction of sp³-hybridized carbons (Fsp3) is 0.214. The van der Waals surface area contributed by atoms with E-state index in [-0.39, 0.29) is 5.43 Å². The second-order valence-corrected chi connectivity index (χ2v) is 4.32. The molecule has 0 amide bonds. The number of benzene rings is 1. The van der Waals surface area contributed by atoms with Gasteiger partial charge in [-0.3, -0.25) is 4.79 Å². The van der Waals surface area contributed by atoms with Crippen molar-refractivity contribution in [1.82, 2.24) is 4.57 Å². The molecule has 0 aliphatic heterocycles. The van der Waals surface area contributed by atoms with Crippen LogP contribution in [0, 0.1) is 6.92 Å². The first-order valence-electron chi connectivity index (χ1n) is 5.64. The summed E-state index contributed by atoms with van der Waals surface area (Å²) in [5.41, 5.74) is 2.49. The number of para-hydroxylation sites is 2. The summed E-state index contributed by atoms with van der Waals surface area (Å²) in [5, 5.41) is 0. The Morgan fingerprint density at radius 2 is 2.06 bits per heavy atom. The number of ether oxygens (including phenoxy) is 1. The quantitative estimate of drug-likeness (QED) is 0.861. The van der Waals surface area contributed by atoms with Gasteiger partial charge in [0.15, 0.2) is 5.43 Å². The van der Waals surface area contributed by atoms with Gasteiger partial charge in [-0.25, -0.2) is 0 Å². The maximum absolute atomic E-state index is 11.7. The Kier molecular flexibility index (Phi) is 3.77. The Morgan fingerprint density at radius 3 is 2.72 bits per heavy atom. The van der Waals surface area contributed by atoms with Crippen LogP contribution in [0.4, 0.5) is 0 Å². The van der Waals surface area contributed by atoms with Crippen molar-refractivity contribution in [3.8, 4) is 11.4 Å². The van der Waals surface area contributed by atoms with Gasteiger partial charge in [-0.05, 0) is 19.1 Å². The van der Waals surface area contributed by atoms with E-state index in [0.29, 0.717) is 11.3 Å². The van der Waals surface area contributed by atoms with Gasteiger partial charge in [-0.1, -0.05) is 12.1 Å². The zero-order valence-corrected chi connectivity index (χ0v) is 11.3. The highest BCUT2D eigenvalue weighted by atomic mass is 32.1. The number of aryl methyl sites for hydroxylation is 1. The molecule has 2 aromatic rings. The topological polar surface area (TPSA) is 31.2 Å². The average Bonchev–Trinajstić information content (AvgIpc) is 2.39. The second-order valence-electron chi connectivity index (χ2n) is 4.00. The van der Waals surface area contributed by atoms with Crippen LogP contribution in [-0.2, 0) is 5.75 Å². The van der Waals surface area contributed by atoms with Gasteiger partial charge in [-0.2, -0.15) is 12.6 Å². The first-order valence-corrected chi connectivity index (χ1v) is 6.27. The first-order chi connectivity index (χ1) is 8.67. The molecule has 94 valence electrons. The van der Waals surface area contributed by atoms with Gasteiger partial charge in [0, 0.05) is 29.3 Å². The maximum atomic E-state index is 11.7.